The number of methoxy groups -OCH3 is 1. The summed E-state index contributed by atoms with van der Waals surface area (Å²) in [6, 6.07) is 6.19. The van der Waals surface area contributed by atoms with Crippen LogP contribution < -0.4 is 15.2 Å². The van der Waals surface area contributed by atoms with E-state index >= 15 is 0 Å². The molecule has 4 heteroatoms. The molecule has 0 aliphatic carbocycles. The molecule has 1 fully saturated rings. The molecule has 1 aromatic carbocycles. The molecule has 0 radical (unpaired) electrons. The minimum atomic E-state index is 0.0224. The largest absolute Gasteiger partial charge is 0.493 e. The third-order valence-electron chi connectivity index (χ3n) is 4.42. The molecule has 4 nitrogen and oxygen atoms in total. The Bertz CT molecular complexity index is 458. The minimum absolute atomic E-state index is 0.0224. The van der Waals surface area contributed by atoms with Crippen molar-refractivity contribution in [3.8, 4) is 11.5 Å². The number of rotatable bonds is 7. The monoisotopic (exact) mass is 292 g/mol. The molecule has 0 amide bonds. The van der Waals surface area contributed by atoms with E-state index in [1.54, 1.807) is 7.11 Å². The third kappa shape index (κ3) is 3.69. The van der Waals surface area contributed by atoms with Gasteiger partial charge >= 0.3 is 0 Å². The second kappa shape index (κ2) is 7.14. The molecule has 0 spiro atoms. The SMILES string of the molecule is CCOc1cc(CC(C)(CN)N2CCCC2)ccc1OC. The maximum atomic E-state index is 6.09. The summed E-state index contributed by atoms with van der Waals surface area (Å²) >= 11 is 0. The van der Waals surface area contributed by atoms with Crippen LogP contribution in [0, 0.1) is 0 Å². The second-order valence-electron chi connectivity index (χ2n) is 5.99. The quantitative estimate of drug-likeness (QED) is 0.838. The molecule has 1 heterocycles. The lowest BCUT2D eigenvalue weighted by atomic mass is 9.91. The topological polar surface area (TPSA) is 47.7 Å². The maximum absolute atomic E-state index is 6.09. The fourth-order valence-corrected chi connectivity index (χ4v) is 3.11. The molecule has 1 aromatic rings. The zero-order valence-electron chi connectivity index (χ0n) is 13.5. The number of nitrogens with two attached hydrogens (primary N) is 1. The van der Waals surface area contributed by atoms with E-state index in [9.17, 15) is 0 Å². The van der Waals surface area contributed by atoms with Crippen LogP contribution in [0.3, 0.4) is 0 Å². The molecule has 1 aliphatic rings. The standard InChI is InChI=1S/C17H28N2O2/c1-4-21-16-11-14(7-8-15(16)20-3)12-17(2,13-18)19-9-5-6-10-19/h7-8,11H,4-6,9-10,12-13,18H2,1-3H3. The van der Waals surface area contributed by atoms with Crippen LogP contribution in [-0.2, 0) is 6.42 Å². The molecule has 0 saturated carbocycles. The summed E-state index contributed by atoms with van der Waals surface area (Å²) in [5.41, 5.74) is 7.36. The van der Waals surface area contributed by atoms with Crippen molar-refractivity contribution < 1.29 is 9.47 Å². The van der Waals surface area contributed by atoms with Gasteiger partial charge in [0.25, 0.3) is 0 Å². The van der Waals surface area contributed by atoms with Crippen molar-refractivity contribution in [1.82, 2.24) is 4.90 Å². The molecule has 1 unspecified atom stereocenters. The van der Waals surface area contributed by atoms with Crippen LogP contribution >= 0.6 is 0 Å². The van der Waals surface area contributed by atoms with E-state index < -0.39 is 0 Å². The van der Waals surface area contributed by atoms with Gasteiger partial charge in [0.1, 0.15) is 0 Å². The average molecular weight is 292 g/mol. The summed E-state index contributed by atoms with van der Waals surface area (Å²) in [5.74, 6) is 1.61. The number of hydrogen-bond donors (Lipinski definition) is 1. The van der Waals surface area contributed by atoms with Crippen LogP contribution in [0.25, 0.3) is 0 Å². The van der Waals surface area contributed by atoms with Gasteiger partial charge in [-0.15, -0.1) is 0 Å². The molecule has 0 bridgehead atoms. The highest BCUT2D eigenvalue weighted by Crippen LogP contribution is 2.31. The smallest absolute Gasteiger partial charge is 0.161 e. The van der Waals surface area contributed by atoms with Gasteiger partial charge in [0, 0.05) is 12.1 Å². The van der Waals surface area contributed by atoms with E-state index in [0.717, 1.165) is 31.0 Å². The Hall–Kier alpha value is -1.26. The average Bonchev–Trinajstić information content (AvgIpc) is 3.03. The summed E-state index contributed by atoms with van der Waals surface area (Å²) < 4.78 is 11.0. The van der Waals surface area contributed by atoms with Crippen LogP contribution in [0.5, 0.6) is 11.5 Å². The van der Waals surface area contributed by atoms with Crippen molar-refractivity contribution in [1.29, 1.82) is 0 Å². The number of benzene rings is 1. The fourth-order valence-electron chi connectivity index (χ4n) is 3.11. The van der Waals surface area contributed by atoms with Crippen LogP contribution in [0.4, 0.5) is 0 Å². The Morgan fingerprint density at radius 2 is 1.95 bits per heavy atom. The molecular weight excluding hydrogens is 264 g/mol. The Kier molecular flexibility index (Phi) is 5.48. The lowest BCUT2D eigenvalue weighted by molar-refractivity contribution is 0.143. The minimum Gasteiger partial charge on any atom is -0.493 e. The number of likely N-dealkylation sites (tertiary alicyclic amines) is 1. The highest BCUT2D eigenvalue weighted by atomic mass is 16.5. The van der Waals surface area contributed by atoms with Gasteiger partial charge in [-0.1, -0.05) is 6.07 Å². The third-order valence-corrected chi connectivity index (χ3v) is 4.42. The molecule has 1 aliphatic heterocycles. The first-order valence-electron chi connectivity index (χ1n) is 7.88. The molecule has 1 saturated heterocycles. The fraction of sp³-hybridized carbons (Fsp3) is 0.647. The van der Waals surface area contributed by atoms with Crippen molar-refractivity contribution in [2.45, 2.75) is 38.6 Å². The van der Waals surface area contributed by atoms with Gasteiger partial charge < -0.3 is 15.2 Å². The Labute approximate surface area is 128 Å². The van der Waals surface area contributed by atoms with Gasteiger partial charge in [-0.05, 0) is 63.9 Å². The Morgan fingerprint density at radius 3 is 2.52 bits per heavy atom. The number of nitrogens with zero attached hydrogens (tertiary/aromatic N) is 1. The van der Waals surface area contributed by atoms with Gasteiger partial charge in [0.05, 0.1) is 13.7 Å². The summed E-state index contributed by atoms with van der Waals surface area (Å²) in [5, 5.41) is 0. The van der Waals surface area contributed by atoms with Crippen molar-refractivity contribution in [3.63, 3.8) is 0 Å². The highest BCUT2D eigenvalue weighted by molar-refractivity contribution is 5.43. The molecule has 1 atom stereocenters. The molecule has 2 rings (SSSR count). The van der Waals surface area contributed by atoms with E-state index in [0.29, 0.717) is 13.2 Å². The summed E-state index contributed by atoms with van der Waals surface area (Å²) in [4.78, 5) is 2.53. The van der Waals surface area contributed by atoms with Crippen molar-refractivity contribution in [3.05, 3.63) is 23.8 Å². The number of ether oxygens (including phenoxy) is 2. The summed E-state index contributed by atoms with van der Waals surface area (Å²) in [6.45, 7) is 7.87. The first-order chi connectivity index (χ1) is 10.1. The lowest BCUT2D eigenvalue weighted by Gasteiger charge is -2.38. The lowest BCUT2D eigenvalue weighted by Crippen LogP contribution is -2.51. The molecular formula is C17H28N2O2. The molecule has 0 aromatic heterocycles. The number of hydrogen-bond acceptors (Lipinski definition) is 4. The van der Waals surface area contributed by atoms with Crippen LogP contribution in [0.2, 0.25) is 0 Å². The normalized spacial score (nSPS) is 18.5. The van der Waals surface area contributed by atoms with E-state index in [2.05, 4.69) is 24.0 Å². The van der Waals surface area contributed by atoms with Crippen LogP contribution in [-0.4, -0.2) is 43.8 Å². The Morgan fingerprint density at radius 1 is 1.24 bits per heavy atom. The molecule has 2 N–H and O–H groups in total. The zero-order valence-corrected chi connectivity index (χ0v) is 13.5. The Balaban J connectivity index is 2.18. The second-order valence-corrected chi connectivity index (χ2v) is 5.99. The van der Waals surface area contributed by atoms with Gasteiger partial charge in [0.15, 0.2) is 11.5 Å². The summed E-state index contributed by atoms with van der Waals surface area (Å²) in [7, 11) is 1.67. The summed E-state index contributed by atoms with van der Waals surface area (Å²) in [6.07, 6.45) is 3.50. The maximum Gasteiger partial charge on any atom is 0.161 e. The highest BCUT2D eigenvalue weighted by Gasteiger charge is 2.32. The van der Waals surface area contributed by atoms with E-state index in [1.165, 1.54) is 18.4 Å². The first kappa shape index (κ1) is 16.1. The predicted molar refractivity (Wildman–Crippen MR) is 86.1 cm³/mol. The van der Waals surface area contributed by atoms with Crippen molar-refractivity contribution >= 4 is 0 Å². The van der Waals surface area contributed by atoms with Gasteiger partial charge in [-0.25, -0.2) is 0 Å². The molecule has 21 heavy (non-hydrogen) atoms. The van der Waals surface area contributed by atoms with E-state index in [1.807, 2.05) is 13.0 Å². The van der Waals surface area contributed by atoms with E-state index in [4.69, 9.17) is 15.2 Å². The van der Waals surface area contributed by atoms with E-state index in [-0.39, 0.29) is 5.54 Å². The van der Waals surface area contributed by atoms with Gasteiger partial charge in [0.2, 0.25) is 0 Å². The van der Waals surface area contributed by atoms with Crippen LogP contribution in [0.15, 0.2) is 18.2 Å². The molecule has 118 valence electrons. The zero-order chi connectivity index (χ0) is 15.3. The van der Waals surface area contributed by atoms with Crippen molar-refractivity contribution in [2.24, 2.45) is 5.73 Å². The predicted octanol–water partition coefficient (Wildman–Crippen LogP) is 2.45. The van der Waals surface area contributed by atoms with Crippen LogP contribution in [0.1, 0.15) is 32.3 Å². The first-order valence-corrected chi connectivity index (χ1v) is 7.88. The van der Waals surface area contributed by atoms with Gasteiger partial charge in [-0.3, -0.25) is 4.90 Å². The van der Waals surface area contributed by atoms with Crippen molar-refractivity contribution in [2.75, 3.05) is 33.4 Å². The van der Waals surface area contributed by atoms with Gasteiger partial charge in [-0.2, -0.15) is 0 Å².